The molecule has 1 amide bonds. The molecule has 0 heterocycles. The maximum Gasteiger partial charge on any atom is 0.241 e. The predicted molar refractivity (Wildman–Crippen MR) is 104 cm³/mol. The van der Waals surface area contributed by atoms with Crippen LogP contribution in [-0.2, 0) is 14.8 Å². The summed E-state index contributed by atoms with van der Waals surface area (Å²) in [6.07, 6.45) is 1.10. The summed E-state index contributed by atoms with van der Waals surface area (Å²) in [7, 11) is -3.59. The molecule has 0 aliphatic heterocycles. The Labute approximate surface area is 157 Å². The van der Waals surface area contributed by atoms with E-state index in [1.807, 2.05) is 44.2 Å². The largest absolute Gasteiger partial charge is 0.348 e. The zero-order valence-corrected chi connectivity index (χ0v) is 16.8. The summed E-state index contributed by atoms with van der Waals surface area (Å²) in [5.74, 6) is -0.359. The number of hydrogen-bond donors (Lipinski definition) is 1. The summed E-state index contributed by atoms with van der Waals surface area (Å²) >= 11 is 3.39. The normalized spacial score (nSPS) is 12.5. The molecule has 7 heteroatoms. The van der Waals surface area contributed by atoms with Crippen LogP contribution in [0.4, 0.5) is 5.69 Å². The van der Waals surface area contributed by atoms with Crippen LogP contribution in [0.2, 0.25) is 0 Å². The van der Waals surface area contributed by atoms with Crippen molar-refractivity contribution in [3.05, 3.63) is 64.1 Å². The van der Waals surface area contributed by atoms with Crippen LogP contribution in [0.25, 0.3) is 0 Å². The smallest absolute Gasteiger partial charge is 0.241 e. The van der Waals surface area contributed by atoms with E-state index < -0.39 is 10.0 Å². The molecule has 1 N–H and O–H groups in total. The molecule has 1 unspecified atom stereocenters. The maximum atomic E-state index is 12.4. The zero-order valence-electron chi connectivity index (χ0n) is 14.4. The van der Waals surface area contributed by atoms with Crippen LogP contribution in [0.1, 0.15) is 24.1 Å². The molecular weight excluding hydrogens is 404 g/mol. The molecule has 0 aliphatic carbocycles. The molecule has 0 aromatic heterocycles. The molecule has 0 saturated heterocycles. The summed E-state index contributed by atoms with van der Waals surface area (Å²) in [6, 6.07) is 14.5. The molecule has 0 radical (unpaired) electrons. The monoisotopic (exact) mass is 424 g/mol. The minimum absolute atomic E-state index is 0.207. The maximum absolute atomic E-state index is 12.4. The Morgan fingerprint density at radius 3 is 2.40 bits per heavy atom. The molecule has 25 heavy (non-hydrogen) atoms. The molecule has 134 valence electrons. The van der Waals surface area contributed by atoms with Crippen molar-refractivity contribution in [3.8, 4) is 0 Å². The molecule has 1 atom stereocenters. The van der Waals surface area contributed by atoms with Crippen molar-refractivity contribution in [3.63, 3.8) is 0 Å². The molecule has 2 rings (SSSR count). The van der Waals surface area contributed by atoms with Crippen LogP contribution in [0.5, 0.6) is 0 Å². The van der Waals surface area contributed by atoms with Gasteiger partial charge in [0.25, 0.3) is 0 Å². The second-order valence-electron chi connectivity index (χ2n) is 5.90. The number of anilines is 1. The number of hydrogen-bond acceptors (Lipinski definition) is 3. The Morgan fingerprint density at radius 1 is 1.20 bits per heavy atom. The van der Waals surface area contributed by atoms with Crippen LogP contribution in [-0.4, -0.2) is 27.1 Å². The van der Waals surface area contributed by atoms with Crippen LogP contribution in [0.3, 0.4) is 0 Å². The minimum Gasteiger partial charge on any atom is -0.348 e. The van der Waals surface area contributed by atoms with Gasteiger partial charge in [-0.05, 0) is 43.2 Å². The molecular formula is C18H21BrN2O3S. The van der Waals surface area contributed by atoms with Gasteiger partial charge in [0, 0.05) is 4.47 Å². The first-order chi connectivity index (χ1) is 11.7. The number of aryl methyl sites for hydroxylation is 1. The number of nitrogens with zero attached hydrogens (tertiary/aromatic N) is 1. The number of carbonyl (C=O) groups is 1. The van der Waals surface area contributed by atoms with Gasteiger partial charge < -0.3 is 5.32 Å². The van der Waals surface area contributed by atoms with Gasteiger partial charge >= 0.3 is 0 Å². The lowest BCUT2D eigenvalue weighted by Crippen LogP contribution is -2.41. The average molecular weight is 425 g/mol. The molecule has 5 nitrogen and oxygen atoms in total. The van der Waals surface area contributed by atoms with Crippen molar-refractivity contribution < 1.29 is 13.2 Å². The highest BCUT2D eigenvalue weighted by Crippen LogP contribution is 2.24. The van der Waals surface area contributed by atoms with Crippen molar-refractivity contribution in [2.45, 2.75) is 19.9 Å². The van der Waals surface area contributed by atoms with Crippen molar-refractivity contribution in [1.29, 1.82) is 0 Å². The van der Waals surface area contributed by atoms with E-state index >= 15 is 0 Å². The lowest BCUT2D eigenvalue weighted by molar-refractivity contribution is -0.120. The first-order valence-electron chi connectivity index (χ1n) is 7.76. The summed E-state index contributed by atoms with van der Waals surface area (Å²) < 4.78 is 26.3. The Hall–Kier alpha value is -1.86. The van der Waals surface area contributed by atoms with Crippen molar-refractivity contribution in [2.75, 3.05) is 17.1 Å². The Kier molecular flexibility index (Phi) is 6.24. The van der Waals surface area contributed by atoms with E-state index in [0.717, 1.165) is 26.2 Å². The van der Waals surface area contributed by atoms with E-state index in [1.54, 1.807) is 18.2 Å². The molecule has 0 fully saturated rings. The summed E-state index contributed by atoms with van der Waals surface area (Å²) in [4.78, 5) is 12.4. The predicted octanol–water partition coefficient (Wildman–Crippen LogP) is 3.40. The number of nitrogens with one attached hydrogen (secondary N) is 1. The van der Waals surface area contributed by atoms with Crippen molar-refractivity contribution >= 4 is 37.5 Å². The summed E-state index contributed by atoms with van der Waals surface area (Å²) in [6.45, 7) is 3.46. The molecule has 0 aliphatic rings. The zero-order chi connectivity index (χ0) is 18.6. The topological polar surface area (TPSA) is 66.5 Å². The fourth-order valence-electron chi connectivity index (χ4n) is 2.43. The lowest BCUT2D eigenvalue weighted by Gasteiger charge is -2.24. The molecule has 0 saturated carbocycles. The van der Waals surface area contributed by atoms with Crippen LogP contribution < -0.4 is 9.62 Å². The number of carbonyl (C=O) groups excluding carboxylic acids is 1. The minimum atomic E-state index is -3.59. The van der Waals surface area contributed by atoms with E-state index in [1.165, 1.54) is 0 Å². The van der Waals surface area contributed by atoms with Gasteiger partial charge in [-0.15, -0.1) is 0 Å². The van der Waals surface area contributed by atoms with Gasteiger partial charge in [-0.25, -0.2) is 8.42 Å². The van der Waals surface area contributed by atoms with Gasteiger partial charge in [-0.1, -0.05) is 46.3 Å². The van der Waals surface area contributed by atoms with Gasteiger partial charge in [0.2, 0.25) is 15.9 Å². The molecule has 2 aromatic rings. The molecule has 0 spiro atoms. The Bertz CT molecular complexity index is 854. The molecule has 0 bridgehead atoms. The summed E-state index contributed by atoms with van der Waals surface area (Å²) in [5, 5.41) is 2.84. The van der Waals surface area contributed by atoms with E-state index in [-0.39, 0.29) is 18.5 Å². The van der Waals surface area contributed by atoms with E-state index in [2.05, 4.69) is 21.2 Å². The first-order valence-corrected chi connectivity index (χ1v) is 10.4. The van der Waals surface area contributed by atoms with Gasteiger partial charge in [-0.3, -0.25) is 9.10 Å². The third-order valence-electron chi connectivity index (χ3n) is 3.79. The number of amides is 1. The number of halogens is 1. The highest BCUT2D eigenvalue weighted by atomic mass is 79.9. The highest BCUT2D eigenvalue weighted by Gasteiger charge is 2.22. The summed E-state index contributed by atoms with van der Waals surface area (Å²) in [5.41, 5.74) is 2.32. The fraction of sp³-hybridized carbons (Fsp3) is 0.278. The first kappa shape index (κ1) is 19.5. The van der Waals surface area contributed by atoms with Gasteiger partial charge in [0.15, 0.2) is 0 Å². The van der Waals surface area contributed by atoms with Crippen molar-refractivity contribution in [1.82, 2.24) is 5.32 Å². The quantitative estimate of drug-likeness (QED) is 0.772. The van der Waals surface area contributed by atoms with Crippen molar-refractivity contribution in [2.24, 2.45) is 0 Å². The second kappa shape index (κ2) is 8.01. The number of benzene rings is 2. The van der Waals surface area contributed by atoms with Crippen LogP contribution >= 0.6 is 15.9 Å². The third-order valence-corrected chi connectivity index (χ3v) is 5.82. The number of rotatable bonds is 6. The van der Waals surface area contributed by atoms with Gasteiger partial charge in [-0.2, -0.15) is 0 Å². The fourth-order valence-corrected chi connectivity index (χ4v) is 3.52. The molecule has 2 aromatic carbocycles. The standard InChI is InChI=1S/C18H21BrN2O3S/c1-13-11-16(9-10-17(13)19)21(25(3,23)24)12-18(22)20-14(2)15-7-5-4-6-8-15/h4-11,14H,12H2,1-3H3,(H,20,22). The Morgan fingerprint density at radius 2 is 1.84 bits per heavy atom. The third kappa shape index (κ3) is 5.31. The second-order valence-corrected chi connectivity index (χ2v) is 8.66. The highest BCUT2D eigenvalue weighted by molar-refractivity contribution is 9.10. The van der Waals surface area contributed by atoms with E-state index in [4.69, 9.17) is 0 Å². The number of sulfonamides is 1. The SMILES string of the molecule is Cc1cc(N(CC(=O)NC(C)c2ccccc2)S(C)(=O)=O)ccc1Br. The van der Waals surface area contributed by atoms with Crippen LogP contribution in [0.15, 0.2) is 53.0 Å². The lowest BCUT2D eigenvalue weighted by atomic mass is 10.1. The van der Waals surface area contributed by atoms with Gasteiger partial charge in [0.1, 0.15) is 6.54 Å². The van der Waals surface area contributed by atoms with Crippen LogP contribution in [0, 0.1) is 6.92 Å². The van der Waals surface area contributed by atoms with Gasteiger partial charge in [0.05, 0.1) is 18.0 Å². The van der Waals surface area contributed by atoms with E-state index in [0.29, 0.717) is 5.69 Å². The van der Waals surface area contributed by atoms with E-state index in [9.17, 15) is 13.2 Å². The Balaban J connectivity index is 2.17. The average Bonchev–Trinajstić information content (AvgIpc) is 2.55.